The Hall–Kier alpha value is -2.24. The third-order valence-electron chi connectivity index (χ3n) is 2.37. The highest BCUT2D eigenvalue weighted by atomic mass is 16.5. The fourth-order valence-electron chi connectivity index (χ4n) is 1.46. The smallest absolute Gasteiger partial charge is 0.138 e. The molecule has 1 aromatic carbocycles. The number of rotatable bonds is 5. The number of nitrogens with one attached hydrogen (secondary N) is 1. The Labute approximate surface area is 99.2 Å². The van der Waals surface area contributed by atoms with Crippen molar-refractivity contribution in [2.24, 2.45) is 0 Å². The fourth-order valence-corrected chi connectivity index (χ4v) is 1.46. The summed E-state index contributed by atoms with van der Waals surface area (Å²) in [6, 6.07) is 5.70. The highest BCUT2D eigenvalue weighted by Gasteiger charge is 2.04. The normalized spacial score (nSPS) is 10.0. The maximum atomic E-state index is 5.30. The van der Waals surface area contributed by atoms with E-state index in [-0.39, 0.29) is 0 Å². The molecule has 6 heteroatoms. The minimum atomic E-state index is 0.616. The minimum absolute atomic E-state index is 0.616. The van der Waals surface area contributed by atoms with Crippen LogP contribution in [0.15, 0.2) is 30.9 Å². The summed E-state index contributed by atoms with van der Waals surface area (Å²) in [4.78, 5) is 0. The second-order valence-corrected chi connectivity index (χ2v) is 3.38. The maximum absolute atomic E-state index is 5.30. The minimum Gasteiger partial charge on any atom is -0.497 e. The third-order valence-corrected chi connectivity index (χ3v) is 2.37. The molecule has 0 fully saturated rings. The topological polar surface area (TPSA) is 61.2 Å². The summed E-state index contributed by atoms with van der Waals surface area (Å²) in [6.07, 6.45) is 3.19. The van der Waals surface area contributed by atoms with Crippen LogP contribution in [0.1, 0.15) is 5.56 Å². The fraction of sp³-hybridized carbons (Fsp3) is 0.273. The van der Waals surface area contributed by atoms with Crippen molar-refractivity contribution in [3.8, 4) is 11.5 Å². The molecule has 0 amide bonds. The Morgan fingerprint density at radius 2 is 1.94 bits per heavy atom. The van der Waals surface area contributed by atoms with Crippen LogP contribution in [-0.4, -0.2) is 29.1 Å². The van der Waals surface area contributed by atoms with Crippen molar-refractivity contribution in [1.29, 1.82) is 0 Å². The van der Waals surface area contributed by atoms with Crippen LogP contribution in [0.5, 0.6) is 11.5 Å². The summed E-state index contributed by atoms with van der Waals surface area (Å²) >= 11 is 0. The van der Waals surface area contributed by atoms with Crippen LogP contribution in [0.2, 0.25) is 0 Å². The summed E-state index contributed by atoms with van der Waals surface area (Å²) in [5.74, 6) is 1.56. The Morgan fingerprint density at radius 3 is 2.59 bits per heavy atom. The number of ether oxygens (including phenoxy) is 2. The van der Waals surface area contributed by atoms with Crippen LogP contribution in [-0.2, 0) is 6.54 Å². The van der Waals surface area contributed by atoms with Crippen LogP contribution in [0.3, 0.4) is 0 Å². The Kier molecular flexibility index (Phi) is 3.44. The van der Waals surface area contributed by atoms with E-state index < -0.39 is 0 Å². The highest BCUT2D eigenvalue weighted by molar-refractivity contribution is 5.41. The molecule has 0 atom stereocenters. The summed E-state index contributed by atoms with van der Waals surface area (Å²) in [7, 11) is 3.26. The number of hydrogen-bond acceptors (Lipinski definition) is 5. The predicted molar refractivity (Wildman–Crippen MR) is 62.6 cm³/mol. The van der Waals surface area contributed by atoms with E-state index in [1.807, 2.05) is 18.2 Å². The van der Waals surface area contributed by atoms with Gasteiger partial charge in [0.05, 0.1) is 20.8 Å². The quantitative estimate of drug-likeness (QED) is 0.837. The molecule has 6 nitrogen and oxygen atoms in total. The molecular weight excluding hydrogens is 220 g/mol. The number of aromatic nitrogens is 3. The lowest BCUT2D eigenvalue weighted by Gasteiger charge is -2.11. The first-order chi connectivity index (χ1) is 8.33. The molecule has 90 valence electrons. The lowest BCUT2D eigenvalue weighted by atomic mass is 10.2. The van der Waals surface area contributed by atoms with Crippen molar-refractivity contribution >= 4 is 0 Å². The van der Waals surface area contributed by atoms with Gasteiger partial charge in [-0.3, -0.25) is 0 Å². The molecule has 1 aromatic heterocycles. The van der Waals surface area contributed by atoms with Gasteiger partial charge in [0.15, 0.2) is 0 Å². The van der Waals surface area contributed by atoms with Gasteiger partial charge in [0.25, 0.3) is 0 Å². The van der Waals surface area contributed by atoms with Crippen LogP contribution >= 0.6 is 0 Å². The maximum Gasteiger partial charge on any atom is 0.138 e. The average Bonchev–Trinajstić information content (AvgIpc) is 2.89. The van der Waals surface area contributed by atoms with Gasteiger partial charge in [0.2, 0.25) is 0 Å². The molecule has 0 saturated heterocycles. The van der Waals surface area contributed by atoms with Crippen molar-refractivity contribution in [3.05, 3.63) is 36.4 Å². The van der Waals surface area contributed by atoms with Crippen molar-refractivity contribution in [3.63, 3.8) is 0 Å². The lowest BCUT2D eigenvalue weighted by molar-refractivity contribution is 0.391. The Morgan fingerprint density at radius 1 is 1.18 bits per heavy atom. The molecule has 0 radical (unpaired) electrons. The molecule has 2 rings (SSSR count). The van der Waals surface area contributed by atoms with E-state index in [2.05, 4.69) is 15.6 Å². The number of nitrogens with zero attached hydrogens (tertiary/aromatic N) is 3. The first-order valence-corrected chi connectivity index (χ1v) is 5.13. The van der Waals surface area contributed by atoms with Gasteiger partial charge in [0.1, 0.15) is 24.2 Å². The second kappa shape index (κ2) is 5.20. The average molecular weight is 234 g/mol. The van der Waals surface area contributed by atoms with E-state index in [0.29, 0.717) is 6.54 Å². The Bertz CT molecular complexity index is 470. The standard InChI is InChI=1S/C11H14N4O2/c1-16-10-4-3-9(11(5-10)17-2)6-14-15-7-12-13-8-15/h3-5,7-8,14H,6H2,1-2H3. The Balaban J connectivity index is 2.09. The van der Waals surface area contributed by atoms with Gasteiger partial charge in [-0.2, -0.15) is 0 Å². The zero-order valence-corrected chi connectivity index (χ0v) is 9.75. The first-order valence-electron chi connectivity index (χ1n) is 5.13. The van der Waals surface area contributed by atoms with Gasteiger partial charge in [-0.05, 0) is 12.1 Å². The van der Waals surface area contributed by atoms with E-state index in [1.165, 1.54) is 0 Å². The highest BCUT2D eigenvalue weighted by Crippen LogP contribution is 2.24. The monoisotopic (exact) mass is 234 g/mol. The van der Waals surface area contributed by atoms with E-state index in [1.54, 1.807) is 31.6 Å². The van der Waals surface area contributed by atoms with Crippen LogP contribution < -0.4 is 14.9 Å². The number of hydrogen-bond donors (Lipinski definition) is 1. The van der Waals surface area contributed by atoms with Gasteiger partial charge in [0, 0.05) is 11.6 Å². The molecule has 0 unspecified atom stereocenters. The van der Waals surface area contributed by atoms with Crippen LogP contribution in [0.4, 0.5) is 0 Å². The molecule has 0 saturated carbocycles. The molecule has 0 aliphatic rings. The molecule has 17 heavy (non-hydrogen) atoms. The SMILES string of the molecule is COc1ccc(CNn2cnnc2)c(OC)c1. The largest absolute Gasteiger partial charge is 0.497 e. The second-order valence-electron chi connectivity index (χ2n) is 3.38. The molecular formula is C11H14N4O2. The zero-order chi connectivity index (χ0) is 12.1. The molecule has 0 aliphatic carbocycles. The number of methoxy groups -OCH3 is 2. The van der Waals surface area contributed by atoms with Gasteiger partial charge in [-0.1, -0.05) is 0 Å². The van der Waals surface area contributed by atoms with Crippen LogP contribution in [0, 0.1) is 0 Å². The summed E-state index contributed by atoms with van der Waals surface area (Å²) < 4.78 is 12.1. The molecule has 2 aromatic rings. The molecule has 0 spiro atoms. The third kappa shape index (κ3) is 2.66. The van der Waals surface area contributed by atoms with Gasteiger partial charge in [-0.25, -0.2) is 4.68 Å². The zero-order valence-electron chi connectivity index (χ0n) is 9.75. The van der Waals surface area contributed by atoms with Crippen molar-refractivity contribution in [2.45, 2.75) is 6.54 Å². The predicted octanol–water partition coefficient (Wildman–Crippen LogP) is 1.04. The van der Waals surface area contributed by atoms with Gasteiger partial charge >= 0.3 is 0 Å². The van der Waals surface area contributed by atoms with E-state index in [0.717, 1.165) is 17.1 Å². The van der Waals surface area contributed by atoms with E-state index in [9.17, 15) is 0 Å². The van der Waals surface area contributed by atoms with Crippen molar-refractivity contribution < 1.29 is 9.47 Å². The summed E-state index contributed by atoms with van der Waals surface area (Å²) in [5, 5.41) is 7.41. The molecule has 1 heterocycles. The van der Waals surface area contributed by atoms with E-state index in [4.69, 9.17) is 9.47 Å². The van der Waals surface area contributed by atoms with Gasteiger partial charge in [-0.15, -0.1) is 10.2 Å². The van der Waals surface area contributed by atoms with Crippen molar-refractivity contribution in [2.75, 3.05) is 19.6 Å². The lowest BCUT2D eigenvalue weighted by Crippen LogP contribution is -2.12. The molecule has 0 bridgehead atoms. The molecule has 0 aliphatic heterocycles. The van der Waals surface area contributed by atoms with Crippen LogP contribution in [0.25, 0.3) is 0 Å². The summed E-state index contributed by atoms with van der Waals surface area (Å²) in [5.41, 5.74) is 4.15. The summed E-state index contributed by atoms with van der Waals surface area (Å²) in [6.45, 7) is 0.616. The first kappa shape index (κ1) is 11.3. The number of benzene rings is 1. The molecule has 1 N–H and O–H groups in total. The van der Waals surface area contributed by atoms with Gasteiger partial charge < -0.3 is 14.9 Å². The van der Waals surface area contributed by atoms with Crippen molar-refractivity contribution in [1.82, 2.24) is 14.9 Å². The van der Waals surface area contributed by atoms with E-state index >= 15 is 0 Å².